The standard InChI is InChI=1S/C21H23NS2/c1-14-8-4-5-9-16(14)22-15(2)19-18(20-17(24-19)10-13-23-20)21(22)11-6-3-7-12-21/h4-5,8-10,13,15H,3,6-7,11-12H2,1-2H3. The Morgan fingerprint density at radius 2 is 1.88 bits per heavy atom. The Morgan fingerprint density at radius 3 is 2.67 bits per heavy atom. The van der Waals surface area contributed by atoms with E-state index in [4.69, 9.17) is 0 Å². The Labute approximate surface area is 151 Å². The molecule has 1 nitrogen and oxygen atoms in total. The fourth-order valence-corrected chi connectivity index (χ4v) is 7.69. The van der Waals surface area contributed by atoms with Gasteiger partial charge in [-0.25, -0.2) is 0 Å². The largest absolute Gasteiger partial charge is 0.354 e. The lowest BCUT2D eigenvalue weighted by atomic mass is 9.77. The second-order valence-electron chi connectivity index (χ2n) is 7.38. The molecular weight excluding hydrogens is 330 g/mol. The van der Waals surface area contributed by atoms with Crippen molar-refractivity contribution in [3.05, 3.63) is 51.7 Å². The van der Waals surface area contributed by atoms with Crippen LogP contribution in [0.2, 0.25) is 0 Å². The molecular formula is C21H23NS2. The fraction of sp³-hybridized carbons (Fsp3) is 0.429. The Kier molecular flexibility index (Phi) is 3.33. The number of para-hydroxylation sites is 1. The summed E-state index contributed by atoms with van der Waals surface area (Å²) < 4.78 is 3.08. The predicted molar refractivity (Wildman–Crippen MR) is 107 cm³/mol. The molecule has 1 aliphatic heterocycles. The zero-order valence-electron chi connectivity index (χ0n) is 14.3. The van der Waals surface area contributed by atoms with E-state index in [1.807, 2.05) is 22.7 Å². The van der Waals surface area contributed by atoms with Crippen molar-refractivity contribution in [3.8, 4) is 0 Å². The number of thiophene rings is 2. The maximum Gasteiger partial charge on any atom is 0.0686 e. The van der Waals surface area contributed by atoms with Gasteiger partial charge in [0.15, 0.2) is 0 Å². The van der Waals surface area contributed by atoms with E-state index in [-0.39, 0.29) is 5.54 Å². The number of hydrogen-bond donors (Lipinski definition) is 0. The summed E-state index contributed by atoms with van der Waals surface area (Å²) >= 11 is 4.00. The van der Waals surface area contributed by atoms with E-state index in [9.17, 15) is 0 Å². The van der Waals surface area contributed by atoms with Crippen LogP contribution in [-0.4, -0.2) is 0 Å². The molecule has 3 heteroatoms. The molecule has 124 valence electrons. The van der Waals surface area contributed by atoms with Crippen LogP contribution in [0.5, 0.6) is 0 Å². The lowest BCUT2D eigenvalue weighted by Gasteiger charge is -2.46. The number of aryl methyl sites for hydroxylation is 1. The van der Waals surface area contributed by atoms with Gasteiger partial charge < -0.3 is 4.90 Å². The van der Waals surface area contributed by atoms with Gasteiger partial charge in [-0.15, -0.1) is 22.7 Å². The highest BCUT2D eigenvalue weighted by atomic mass is 32.1. The molecule has 2 aromatic heterocycles. The van der Waals surface area contributed by atoms with Gasteiger partial charge in [-0.05, 0) is 49.8 Å². The first kappa shape index (κ1) is 15.0. The van der Waals surface area contributed by atoms with Crippen molar-refractivity contribution in [1.29, 1.82) is 0 Å². The van der Waals surface area contributed by atoms with Gasteiger partial charge in [-0.1, -0.05) is 37.5 Å². The topological polar surface area (TPSA) is 3.24 Å². The molecule has 3 aromatic rings. The summed E-state index contributed by atoms with van der Waals surface area (Å²) in [5, 5.41) is 2.28. The van der Waals surface area contributed by atoms with Crippen LogP contribution < -0.4 is 4.90 Å². The van der Waals surface area contributed by atoms with Crippen molar-refractivity contribution in [2.75, 3.05) is 4.90 Å². The summed E-state index contributed by atoms with van der Waals surface area (Å²) in [6, 6.07) is 11.8. The van der Waals surface area contributed by atoms with E-state index in [1.54, 1.807) is 15.1 Å². The average Bonchev–Trinajstić information content (AvgIpc) is 3.22. The van der Waals surface area contributed by atoms with Crippen LogP contribution in [-0.2, 0) is 5.54 Å². The summed E-state index contributed by atoms with van der Waals surface area (Å²) in [5.41, 5.74) is 4.77. The van der Waals surface area contributed by atoms with E-state index >= 15 is 0 Å². The monoisotopic (exact) mass is 353 g/mol. The minimum Gasteiger partial charge on any atom is -0.354 e. The molecule has 1 atom stereocenters. The highest BCUT2D eigenvalue weighted by molar-refractivity contribution is 7.27. The summed E-state index contributed by atoms with van der Waals surface area (Å²) in [4.78, 5) is 4.42. The number of nitrogens with zero attached hydrogens (tertiary/aromatic N) is 1. The van der Waals surface area contributed by atoms with Crippen LogP contribution in [0.3, 0.4) is 0 Å². The molecule has 24 heavy (non-hydrogen) atoms. The van der Waals surface area contributed by atoms with Crippen molar-refractivity contribution >= 4 is 37.8 Å². The maximum atomic E-state index is 2.79. The summed E-state index contributed by atoms with van der Waals surface area (Å²) in [5.74, 6) is 0. The summed E-state index contributed by atoms with van der Waals surface area (Å²) in [6.07, 6.45) is 6.73. The van der Waals surface area contributed by atoms with Crippen molar-refractivity contribution in [2.45, 2.75) is 57.5 Å². The molecule has 5 rings (SSSR count). The number of fused-ring (bicyclic) bond motifs is 4. The third-order valence-corrected chi connectivity index (χ3v) is 8.46. The second kappa shape index (κ2) is 5.34. The first-order chi connectivity index (χ1) is 11.7. The molecule has 1 aromatic carbocycles. The third kappa shape index (κ3) is 1.86. The lowest BCUT2D eigenvalue weighted by Crippen LogP contribution is -2.44. The minimum absolute atomic E-state index is 0.224. The zero-order valence-corrected chi connectivity index (χ0v) is 16.0. The van der Waals surface area contributed by atoms with Crippen molar-refractivity contribution in [1.82, 2.24) is 0 Å². The van der Waals surface area contributed by atoms with Crippen LogP contribution in [0.4, 0.5) is 5.69 Å². The van der Waals surface area contributed by atoms with E-state index in [0.717, 1.165) is 0 Å². The van der Waals surface area contributed by atoms with Crippen LogP contribution in [0, 0.1) is 6.92 Å². The van der Waals surface area contributed by atoms with Crippen molar-refractivity contribution in [3.63, 3.8) is 0 Å². The van der Waals surface area contributed by atoms with Crippen LogP contribution in [0.15, 0.2) is 35.7 Å². The molecule has 0 saturated heterocycles. The molecule has 1 saturated carbocycles. The number of hydrogen-bond acceptors (Lipinski definition) is 3. The molecule has 1 spiro atoms. The van der Waals surface area contributed by atoms with E-state index in [1.165, 1.54) is 48.1 Å². The summed E-state index contributed by atoms with van der Waals surface area (Å²) in [7, 11) is 0. The smallest absolute Gasteiger partial charge is 0.0686 e. The van der Waals surface area contributed by atoms with Crippen molar-refractivity contribution in [2.24, 2.45) is 0 Å². The first-order valence-corrected chi connectivity index (χ1v) is 10.8. The normalized spacial score (nSPS) is 22.4. The third-order valence-electron chi connectivity index (χ3n) is 6.07. The zero-order chi connectivity index (χ0) is 16.3. The van der Waals surface area contributed by atoms with Gasteiger partial charge >= 0.3 is 0 Å². The van der Waals surface area contributed by atoms with Crippen LogP contribution in [0.1, 0.15) is 61.1 Å². The fourth-order valence-electron chi connectivity index (χ4n) is 5.09. The molecule has 1 aliphatic carbocycles. The number of rotatable bonds is 1. The van der Waals surface area contributed by atoms with E-state index in [0.29, 0.717) is 6.04 Å². The maximum absolute atomic E-state index is 2.79. The van der Waals surface area contributed by atoms with Gasteiger partial charge in [0, 0.05) is 20.8 Å². The molecule has 1 fully saturated rings. The minimum atomic E-state index is 0.224. The Bertz CT molecular complexity index is 898. The summed E-state index contributed by atoms with van der Waals surface area (Å²) in [6.45, 7) is 4.69. The highest BCUT2D eigenvalue weighted by Gasteiger charge is 2.51. The quantitative estimate of drug-likeness (QED) is 0.454. The Hall–Kier alpha value is -1.32. The first-order valence-electron chi connectivity index (χ1n) is 9.08. The Balaban J connectivity index is 1.78. The number of anilines is 1. The van der Waals surface area contributed by atoms with Gasteiger partial charge in [0.1, 0.15) is 0 Å². The molecule has 1 unspecified atom stereocenters. The van der Waals surface area contributed by atoms with Crippen LogP contribution >= 0.6 is 22.7 Å². The number of benzene rings is 1. The SMILES string of the molecule is Cc1ccccc1N1C(C)c2sc3ccsc3c2C12CCCCC2. The Morgan fingerprint density at radius 1 is 1.08 bits per heavy atom. The van der Waals surface area contributed by atoms with Gasteiger partial charge in [-0.2, -0.15) is 0 Å². The lowest BCUT2D eigenvalue weighted by molar-refractivity contribution is 0.286. The molecule has 0 amide bonds. The second-order valence-corrected chi connectivity index (χ2v) is 9.38. The van der Waals surface area contributed by atoms with Gasteiger partial charge in [0.2, 0.25) is 0 Å². The highest BCUT2D eigenvalue weighted by Crippen LogP contribution is 2.60. The predicted octanol–water partition coefficient (Wildman–Crippen LogP) is 7.01. The molecule has 2 aliphatic rings. The molecule has 0 N–H and O–H groups in total. The average molecular weight is 354 g/mol. The van der Waals surface area contributed by atoms with E-state index in [2.05, 4.69) is 54.5 Å². The van der Waals surface area contributed by atoms with Crippen molar-refractivity contribution < 1.29 is 0 Å². The molecule has 0 radical (unpaired) electrons. The molecule has 3 heterocycles. The van der Waals surface area contributed by atoms with Gasteiger partial charge in [0.05, 0.1) is 16.3 Å². The van der Waals surface area contributed by atoms with Gasteiger partial charge in [0.25, 0.3) is 0 Å². The van der Waals surface area contributed by atoms with Gasteiger partial charge in [-0.3, -0.25) is 0 Å². The van der Waals surface area contributed by atoms with Crippen LogP contribution in [0.25, 0.3) is 9.40 Å². The van der Waals surface area contributed by atoms with E-state index < -0.39 is 0 Å². The molecule has 0 bridgehead atoms.